The Balaban J connectivity index is 3.95. The van der Waals surface area contributed by atoms with Gasteiger partial charge in [0.15, 0.2) is 0 Å². The van der Waals surface area contributed by atoms with E-state index in [4.69, 9.17) is 4.55 Å². The van der Waals surface area contributed by atoms with Crippen LogP contribution in [0.15, 0.2) is 0 Å². The molecule has 48 valence electrons. The summed E-state index contributed by atoms with van der Waals surface area (Å²) >= 11 is 0. The molecule has 0 radical (unpaired) electrons. The predicted molar refractivity (Wildman–Crippen MR) is 29.8 cm³/mol. The van der Waals surface area contributed by atoms with Crippen LogP contribution in [0.4, 0.5) is 0 Å². The van der Waals surface area contributed by atoms with Crippen LogP contribution in [0.25, 0.3) is 0 Å². The smallest absolute Gasteiger partial charge is 0.286 e. The predicted octanol–water partition coefficient (Wildman–Crippen LogP) is 0.0689. The summed E-state index contributed by atoms with van der Waals surface area (Å²) in [6.07, 6.45) is 0. The molecule has 0 aromatic carbocycles. The van der Waals surface area contributed by atoms with Crippen molar-refractivity contribution in [2.24, 2.45) is 0 Å². The number of rotatable bonds is 1. The summed E-state index contributed by atoms with van der Waals surface area (Å²) in [5.41, 5.74) is 0. The van der Waals surface area contributed by atoms with Crippen molar-refractivity contribution in [3.05, 3.63) is 0 Å². The second-order valence-electron chi connectivity index (χ2n) is 1.00. The molecule has 0 aromatic heterocycles. The highest BCUT2D eigenvalue weighted by Crippen LogP contribution is 2.08. The molecule has 0 bridgehead atoms. The van der Waals surface area contributed by atoms with Gasteiger partial charge in [0.25, 0.3) is 0 Å². The number of carbonyl (C=O) groups excluding carboxylic acids is 1. The lowest BCUT2D eigenvalue weighted by atomic mass is 10.9. The number of hydrogen-bond acceptors (Lipinski definition) is 4. The van der Waals surface area contributed by atoms with Crippen molar-refractivity contribution < 1.29 is 17.8 Å². The van der Waals surface area contributed by atoms with E-state index < -0.39 is 14.3 Å². The van der Waals surface area contributed by atoms with Crippen molar-refractivity contribution in [3.63, 3.8) is 0 Å². The molecule has 0 rings (SSSR count). The van der Waals surface area contributed by atoms with Crippen LogP contribution in [0.1, 0.15) is 6.92 Å². The lowest BCUT2D eigenvalue weighted by Gasteiger charge is -1.84. The molecule has 4 nitrogen and oxygen atoms in total. The summed E-state index contributed by atoms with van der Waals surface area (Å²) in [4.78, 5) is 9.88. The molecule has 0 heterocycles. The Bertz CT molecular complexity index is 178. The van der Waals surface area contributed by atoms with Gasteiger partial charge >= 0.3 is 9.15 Å². The molecular weight excluding hydrogens is 152 g/mol. The van der Waals surface area contributed by atoms with Gasteiger partial charge in [0, 0.05) is 6.92 Å². The normalized spacial score (nSPS) is 11.2. The molecule has 0 amide bonds. The first kappa shape index (κ1) is 7.93. The second-order valence-corrected chi connectivity index (χ2v) is 4.36. The molecule has 0 aliphatic heterocycles. The molecular formula is C2H4O4S2. The van der Waals surface area contributed by atoms with Crippen LogP contribution >= 0.6 is 10.8 Å². The van der Waals surface area contributed by atoms with Gasteiger partial charge in [-0.25, -0.2) is 0 Å². The summed E-state index contributed by atoms with van der Waals surface area (Å²) in [6, 6.07) is 0. The fourth-order valence-electron chi connectivity index (χ4n) is 0.148. The average Bonchev–Trinajstić information content (AvgIpc) is 1.21. The van der Waals surface area contributed by atoms with Crippen molar-refractivity contribution in [2.75, 3.05) is 0 Å². The maximum absolute atomic E-state index is 9.88. The van der Waals surface area contributed by atoms with Gasteiger partial charge in [-0.1, -0.05) is 0 Å². The van der Waals surface area contributed by atoms with Gasteiger partial charge in [0.1, 0.15) is 0 Å². The van der Waals surface area contributed by atoms with Gasteiger partial charge in [-0.3, -0.25) is 9.35 Å². The zero-order valence-electron chi connectivity index (χ0n) is 3.99. The van der Waals surface area contributed by atoms with E-state index in [0.29, 0.717) is 0 Å². The molecule has 0 saturated carbocycles. The Morgan fingerprint density at radius 3 is 2.00 bits per heavy atom. The largest absolute Gasteiger partial charge is 0.327 e. The molecule has 0 aliphatic carbocycles. The molecule has 0 aliphatic rings. The van der Waals surface area contributed by atoms with Gasteiger partial charge in [-0.2, -0.15) is 8.42 Å². The van der Waals surface area contributed by atoms with Gasteiger partial charge < -0.3 is 0 Å². The van der Waals surface area contributed by atoms with Gasteiger partial charge in [-0.05, 0) is 0 Å². The van der Waals surface area contributed by atoms with Crippen molar-refractivity contribution >= 4 is 25.1 Å². The third-order valence-electron chi connectivity index (χ3n) is 0.223. The Morgan fingerprint density at radius 1 is 1.62 bits per heavy atom. The van der Waals surface area contributed by atoms with Crippen LogP contribution in [-0.4, -0.2) is 18.1 Å². The van der Waals surface area contributed by atoms with Crippen LogP contribution in [0.3, 0.4) is 0 Å². The Labute approximate surface area is 50.4 Å². The van der Waals surface area contributed by atoms with Gasteiger partial charge in [0.05, 0.1) is 10.8 Å². The first-order valence-corrected chi connectivity index (χ1v) is 4.36. The summed E-state index contributed by atoms with van der Waals surface area (Å²) in [5.74, 6) is 0. The van der Waals surface area contributed by atoms with Crippen molar-refractivity contribution in [1.29, 1.82) is 0 Å². The molecule has 1 N–H and O–H groups in total. The van der Waals surface area contributed by atoms with E-state index in [-0.39, 0.29) is 10.8 Å². The Hall–Kier alpha value is -0.0700. The average molecular weight is 156 g/mol. The Morgan fingerprint density at radius 2 is 2.00 bits per heavy atom. The SMILES string of the molecule is CC(=O)SS(=O)(=O)O. The summed E-state index contributed by atoms with van der Waals surface area (Å²) in [6.45, 7) is 1.05. The summed E-state index contributed by atoms with van der Waals surface area (Å²) in [5, 5.41) is -0.646. The first-order valence-electron chi connectivity index (χ1n) is 1.59. The number of carbonyl (C=O) groups is 1. The highest BCUT2D eigenvalue weighted by atomic mass is 33.1. The summed E-state index contributed by atoms with van der Waals surface area (Å²) in [7, 11) is -4.26. The van der Waals surface area contributed by atoms with E-state index in [1.165, 1.54) is 0 Å². The zero-order valence-corrected chi connectivity index (χ0v) is 5.62. The Kier molecular flexibility index (Phi) is 2.45. The third-order valence-corrected chi connectivity index (χ3v) is 2.00. The van der Waals surface area contributed by atoms with E-state index in [1.54, 1.807) is 0 Å². The van der Waals surface area contributed by atoms with Crippen LogP contribution in [0.5, 0.6) is 0 Å². The van der Waals surface area contributed by atoms with Gasteiger partial charge in [-0.15, -0.1) is 0 Å². The molecule has 6 heteroatoms. The molecule has 0 fully saturated rings. The van der Waals surface area contributed by atoms with E-state index in [9.17, 15) is 13.2 Å². The van der Waals surface area contributed by atoms with Crippen LogP contribution in [0, 0.1) is 0 Å². The first-order chi connectivity index (χ1) is 3.42. The van der Waals surface area contributed by atoms with Crippen LogP contribution in [0.2, 0.25) is 0 Å². The molecule has 0 saturated heterocycles. The number of hydrogen-bond donors (Lipinski definition) is 1. The van der Waals surface area contributed by atoms with Crippen molar-refractivity contribution in [1.82, 2.24) is 0 Å². The summed E-state index contributed by atoms with van der Waals surface area (Å²) < 4.78 is 27.4. The van der Waals surface area contributed by atoms with Crippen molar-refractivity contribution in [2.45, 2.75) is 6.92 Å². The minimum absolute atomic E-state index is 0.0995. The maximum atomic E-state index is 9.88. The van der Waals surface area contributed by atoms with Crippen LogP contribution < -0.4 is 0 Å². The molecule has 0 aromatic rings. The fourth-order valence-corrected chi connectivity index (χ4v) is 1.33. The molecule has 0 unspecified atom stereocenters. The van der Waals surface area contributed by atoms with Crippen LogP contribution in [-0.2, 0) is 13.9 Å². The molecule has 0 atom stereocenters. The quantitative estimate of drug-likeness (QED) is 0.429. The molecule has 0 spiro atoms. The van der Waals surface area contributed by atoms with Gasteiger partial charge in [0.2, 0.25) is 5.12 Å². The third kappa shape index (κ3) is 5.93. The van der Waals surface area contributed by atoms with E-state index in [1.807, 2.05) is 0 Å². The molecule has 8 heavy (non-hydrogen) atoms. The standard InChI is InChI=1S/C2H4O4S2/c1-2(3)7-8(4,5)6/h1H3,(H,4,5,6). The lowest BCUT2D eigenvalue weighted by Crippen LogP contribution is -1.93. The maximum Gasteiger partial charge on any atom is 0.327 e. The monoisotopic (exact) mass is 156 g/mol. The van der Waals surface area contributed by atoms with E-state index in [2.05, 4.69) is 0 Å². The fraction of sp³-hybridized carbons (Fsp3) is 0.500. The zero-order chi connectivity index (χ0) is 6.78. The van der Waals surface area contributed by atoms with E-state index in [0.717, 1.165) is 6.92 Å². The minimum Gasteiger partial charge on any atom is -0.286 e. The highest BCUT2D eigenvalue weighted by Gasteiger charge is 2.07. The topological polar surface area (TPSA) is 71.4 Å². The lowest BCUT2D eigenvalue weighted by molar-refractivity contribution is -0.109. The minimum atomic E-state index is -4.16. The van der Waals surface area contributed by atoms with Crippen molar-refractivity contribution in [3.8, 4) is 0 Å². The second kappa shape index (κ2) is 2.47. The van der Waals surface area contributed by atoms with E-state index >= 15 is 0 Å². The highest BCUT2D eigenvalue weighted by molar-refractivity contribution is 8.75.